The maximum atomic E-state index is 2.50. The standard InChI is InChI=1S/C31H21N2S2/c1-3-11-22-20(9-1)18-32-26-13-5-7-15-28(26)34-30(32)24(22)17-25-23-12-4-2-10-21(23)19-33-27-14-6-8-16-29(27)35-31(25)33/h1-17H,18-19H2/q+1. The highest BCUT2D eigenvalue weighted by Crippen LogP contribution is 2.53. The van der Waals surface area contributed by atoms with Crippen molar-refractivity contribution in [2.24, 2.45) is 0 Å². The second kappa shape index (κ2) is 7.45. The summed E-state index contributed by atoms with van der Waals surface area (Å²) in [7, 11) is 0. The Morgan fingerprint density at radius 2 is 1.49 bits per heavy atom. The molecule has 0 bridgehead atoms. The normalized spacial score (nSPS) is 16.7. The lowest BCUT2D eigenvalue weighted by Gasteiger charge is -2.29. The Hall–Kier alpha value is -3.60. The van der Waals surface area contributed by atoms with E-state index in [0.29, 0.717) is 0 Å². The van der Waals surface area contributed by atoms with E-state index in [1.54, 1.807) is 0 Å². The first-order valence-electron chi connectivity index (χ1n) is 11.9. The van der Waals surface area contributed by atoms with Crippen LogP contribution in [0.3, 0.4) is 0 Å². The van der Waals surface area contributed by atoms with Gasteiger partial charge in [0.05, 0.1) is 16.3 Å². The molecule has 0 N–H and O–H groups in total. The third-order valence-corrected chi connectivity index (χ3v) is 9.63. The molecule has 0 saturated carbocycles. The molecular formula is C31H21N2S2+. The summed E-state index contributed by atoms with van der Waals surface area (Å²) < 4.78 is 3.84. The molecule has 5 aromatic rings. The molecule has 0 atom stereocenters. The Morgan fingerprint density at radius 1 is 0.743 bits per heavy atom. The predicted octanol–water partition coefficient (Wildman–Crippen LogP) is 7.48. The van der Waals surface area contributed by atoms with Crippen molar-refractivity contribution in [2.75, 3.05) is 4.90 Å². The lowest BCUT2D eigenvalue weighted by Crippen LogP contribution is -2.40. The van der Waals surface area contributed by atoms with Crippen LogP contribution in [0.1, 0.15) is 27.3 Å². The van der Waals surface area contributed by atoms with Crippen molar-refractivity contribution in [1.82, 2.24) is 0 Å². The fraction of sp³-hybridized carbons (Fsp3) is 0.0645. The minimum absolute atomic E-state index is 0.918. The van der Waals surface area contributed by atoms with E-state index in [9.17, 15) is 0 Å². The first kappa shape index (κ1) is 19.7. The second-order valence-electron chi connectivity index (χ2n) is 9.21. The second-order valence-corrected chi connectivity index (χ2v) is 11.3. The monoisotopic (exact) mass is 485 g/mol. The molecule has 0 saturated heterocycles. The molecule has 4 aromatic carbocycles. The van der Waals surface area contributed by atoms with E-state index in [2.05, 4.69) is 113 Å². The van der Waals surface area contributed by atoms with E-state index in [-0.39, 0.29) is 0 Å². The van der Waals surface area contributed by atoms with Gasteiger partial charge in [-0.25, -0.2) is 0 Å². The van der Waals surface area contributed by atoms with Gasteiger partial charge in [0.1, 0.15) is 4.70 Å². The lowest BCUT2D eigenvalue weighted by atomic mass is 9.90. The van der Waals surface area contributed by atoms with E-state index in [0.717, 1.165) is 13.1 Å². The number of para-hydroxylation sites is 2. The maximum absolute atomic E-state index is 2.50. The molecule has 166 valence electrons. The van der Waals surface area contributed by atoms with Crippen molar-refractivity contribution in [3.63, 3.8) is 0 Å². The quantitative estimate of drug-likeness (QED) is 0.223. The molecule has 0 fully saturated rings. The molecule has 3 aliphatic heterocycles. The minimum Gasteiger partial charge on any atom is -0.330 e. The van der Waals surface area contributed by atoms with Gasteiger partial charge < -0.3 is 4.90 Å². The van der Waals surface area contributed by atoms with Crippen molar-refractivity contribution in [3.05, 3.63) is 135 Å². The maximum Gasteiger partial charge on any atom is 0.271 e. The van der Waals surface area contributed by atoms with E-state index in [1.165, 1.54) is 64.2 Å². The van der Waals surface area contributed by atoms with E-state index < -0.39 is 0 Å². The first-order chi connectivity index (χ1) is 17.3. The molecule has 8 rings (SSSR count). The van der Waals surface area contributed by atoms with Crippen LogP contribution in [0, 0.1) is 0 Å². The fourth-order valence-electron chi connectivity index (χ4n) is 5.62. The summed E-state index contributed by atoms with van der Waals surface area (Å²) in [4.78, 5) is 3.84. The van der Waals surface area contributed by atoms with Crippen LogP contribution in [0.15, 0.2) is 113 Å². The number of allylic oxidation sites excluding steroid dienone is 2. The van der Waals surface area contributed by atoms with Crippen molar-refractivity contribution in [2.45, 2.75) is 18.0 Å². The highest BCUT2D eigenvalue weighted by atomic mass is 32.2. The van der Waals surface area contributed by atoms with Crippen molar-refractivity contribution >= 4 is 50.1 Å². The molecular weight excluding hydrogens is 464 g/mol. The molecule has 0 unspecified atom stereocenters. The van der Waals surface area contributed by atoms with Gasteiger partial charge in [0.2, 0.25) is 5.52 Å². The number of thiazole rings is 1. The Morgan fingerprint density at radius 3 is 2.43 bits per heavy atom. The molecule has 4 heteroatoms. The number of nitrogens with zero attached hydrogens (tertiary/aromatic N) is 2. The van der Waals surface area contributed by atoms with Crippen LogP contribution >= 0.6 is 23.1 Å². The summed E-state index contributed by atoms with van der Waals surface area (Å²) in [5.74, 6) is 0. The van der Waals surface area contributed by atoms with Crippen LogP contribution in [-0.4, -0.2) is 0 Å². The van der Waals surface area contributed by atoms with E-state index in [4.69, 9.17) is 0 Å². The molecule has 0 aliphatic carbocycles. The number of hydrogen-bond acceptors (Lipinski definition) is 3. The zero-order valence-corrected chi connectivity index (χ0v) is 20.6. The molecule has 1 aromatic heterocycles. The molecule has 0 radical (unpaired) electrons. The predicted molar refractivity (Wildman–Crippen MR) is 146 cm³/mol. The Labute approximate surface area is 212 Å². The van der Waals surface area contributed by atoms with Gasteiger partial charge in [0, 0.05) is 28.6 Å². The average Bonchev–Trinajstić information content (AvgIpc) is 3.47. The molecule has 0 amide bonds. The topological polar surface area (TPSA) is 7.12 Å². The minimum atomic E-state index is 0.918. The Kier molecular flexibility index (Phi) is 4.19. The van der Waals surface area contributed by atoms with Gasteiger partial charge in [-0.05, 0) is 41.0 Å². The van der Waals surface area contributed by atoms with E-state index in [1.807, 2.05) is 23.1 Å². The fourth-order valence-corrected chi connectivity index (χ4v) is 8.00. The summed E-state index contributed by atoms with van der Waals surface area (Å²) in [6, 6.07) is 35.4. The molecule has 3 aliphatic rings. The Balaban J connectivity index is 1.43. The Bertz CT molecular complexity index is 1740. The molecule has 35 heavy (non-hydrogen) atoms. The van der Waals surface area contributed by atoms with Crippen molar-refractivity contribution in [3.8, 4) is 0 Å². The summed E-state index contributed by atoms with van der Waals surface area (Å²) in [5, 5.41) is 2.68. The SMILES string of the molecule is C(=C1c2ccccc2C[n+]2c1sc1ccccc12)C1=C2Sc3ccccc3N2Cc2ccccc21. The largest absolute Gasteiger partial charge is 0.330 e. The summed E-state index contributed by atoms with van der Waals surface area (Å²) >= 11 is 3.81. The van der Waals surface area contributed by atoms with Crippen molar-refractivity contribution < 1.29 is 4.57 Å². The van der Waals surface area contributed by atoms with Gasteiger partial charge >= 0.3 is 0 Å². The summed E-state index contributed by atoms with van der Waals surface area (Å²) in [6.07, 6.45) is 2.47. The van der Waals surface area contributed by atoms with Gasteiger partial charge in [0.25, 0.3) is 5.01 Å². The number of fused-ring (bicyclic) bond motifs is 8. The highest BCUT2D eigenvalue weighted by Gasteiger charge is 2.35. The third-order valence-electron chi connectivity index (χ3n) is 7.24. The van der Waals surface area contributed by atoms with Gasteiger partial charge in [0.15, 0.2) is 6.54 Å². The van der Waals surface area contributed by atoms with E-state index >= 15 is 0 Å². The number of anilines is 1. The van der Waals surface area contributed by atoms with Gasteiger partial charge in [-0.3, -0.25) is 0 Å². The van der Waals surface area contributed by atoms with Crippen LogP contribution in [0.2, 0.25) is 0 Å². The van der Waals surface area contributed by atoms with Crippen LogP contribution in [0.25, 0.3) is 21.4 Å². The molecule has 4 heterocycles. The zero-order valence-electron chi connectivity index (χ0n) is 18.9. The smallest absolute Gasteiger partial charge is 0.271 e. The summed E-state index contributed by atoms with van der Waals surface area (Å²) in [6.45, 7) is 1.84. The molecule has 0 spiro atoms. The number of benzene rings is 4. The lowest BCUT2D eigenvalue weighted by molar-refractivity contribution is -0.661. The van der Waals surface area contributed by atoms with Crippen LogP contribution in [0.5, 0.6) is 0 Å². The molecule has 2 nitrogen and oxygen atoms in total. The van der Waals surface area contributed by atoms with Gasteiger partial charge in [-0.1, -0.05) is 95.9 Å². The number of rotatable bonds is 1. The number of hydrogen-bond donors (Lipinski definition) is 0. The van der Waals surface area contributed by atoms with Crippen LogP contribution in [0.4, 0.5) is 5.69 Å². The van der Waals surface area contributed by atoms with Gasteiger partial charge in [-0.2, -0.15) is 4.57 Å². The highest BCUT2D eigenvalue weighted by molar-refractivity contribution is 8.04. The average molecular weight is 486 g/mol. The van der Waals surface area contributed by atoms with Crippen LogP contribution < -0.4 is 9.47 Å². The number of aromatic nitrogens is 1. The third kappa shape index (κ3) is 2.87. The van der Waals surface area contributed by atoms with Crippen LogP contribution in [-0.2, 0) is 13.1 Å². The summed E-state index contributed by atoms with van der Waals surface area (Å²) in [5.41, 5.74) is 10.7. The first-order valence-corrected chi connectivity index (χ1v) is 13.6. The van der Waals surface area contributed by atoms with Crippen molar-refractivity contribution in [1.29, 1.82) is 0 Å². The number of thioether (sulfide) groups is 1. The van der Waals surface area contributed by atoms with Gasteiger partial charge in [-0.15, -0.1) is 0 Å². The zero-order chi connectivity index (χ0) is 22.9.